The Balaban J connectivity index is 1.57. The molecule has 0 saturated heterocycles. The zero-order chi connectivity index (χ0) is 22.6. The molecular weight excluding hydrogens is 410 g/mol. The highest BCUT2D eigenvalue weighted by atomic mass is 16.3. The van der Waals surface area contributed by atoms with Crippen molar-refractivity contribution in [2.75, 3.05) is 0 Å². The second-order valence-corrected chi connectivity index (χ2v) is 9.68. The van der Waals surface area contributed by atoms with Gasteiger partial charge in [-0.3, -0.25) is 9.36 Å². The Hall–Kier alpha value is -3.18. The molecule has 5 nitrogen and oxygen atoms in total. The van der Waals surface area contributed by atoms with Crippen LogP contribution in [0.1, 0.15) is 50.4 Å². The van der Waals surface area contributed by atoms with Crippen molar-refractivity contribution in [1.82, 2.24) is 9.55 Å². The fourth-order valence-corrected chi connectivity index (χ4v) is 5.03. The van der Waals surface area contributed by atoms with Gasteiger partial charge in [-0.15, -0.1) is 0 Å². The van der Waals surface area contributed by atoms with E-state index < -0.39 is 0 Å². The molecule has 0 aliphatic heterocycles. The van der Waals surface area contributed by atoms with Crippen LogP contribution in [0.25, 0.3) is 33.6 Å². The first-order valence-electron chi connectivity index (χ1n) is 12.1. The molecular formula is C28H29N3O2. The maximum absolute atomic E-state index is 13.8. The molecule has 0 spiro atoms. The maximum Gasteiger partial charge on any atom is 0.265 e. The van der Waals surface area contributed by atoms with Crippen molar-refractivity contribution >= 4 is 11.1 Å². The van der Waals surface area contributed by atoms with Gasteiger partial charge >= 0.3 is 0 Å². The molecule has 4 aromatic rings. The number of rotatable bonds is 6. The summed E-state index contributed by atoms with van der Waals surface area (Å²) in [6, 6.07) is 18.4. The van der Waals surface area contributed by atoms with Crippen LogP contribution < -0.4 is 11.3 Å². The molecule has 0 bridgehead atoms. The average Bonchev–Trinajstić information content (AvgIpc) is 3.57. The van der Waals surface area contributed by atoms with Crippen LogP contribution in [0.4, 0.5) is 0 Å². The summed E-state index contributed by atoms with van der Waals surface area (Å²) in [5.74, 6) is 2.07. The van der Waals surface area contributed by atoms with Crippen molar-refractivity contribution in [3.8, 4) is 22.5 Å². The van der Waals surface area contributed by atoms with Gasteiger partial charge in [0.05, 0.1) is 0 Å². The van der Waals surface area contributed by atoms with E-state index in [0.717, 1.165) is 47.5 Å². The Labute approximate surface area is 193 Å². The van der Waals surface area contributed by atoms with Crippen LogP contribution in [0, 0.1) is 5.92 Å². The van der Waals surface area contributed by atoms with Gasteiger partial charge in [-0.25, -0.2) is 0 Å². The molecule has 0 atom stereocenters. The predicted octanol–water partition coefficient (Wildman–Crippen LogP) is 5.63. The third kappa shape index (κ3) is 3.42. The lowest BCUT2D eigenvalue weighted by Gasteiger charge is -2.38. The van der Waals surface area contributed by atoms with E-state index in [2.05, 4.69) is 24.3 Å². The predicted molar refractivity (Wildman–Crippen MR) is 131 cm³/mol. The van der Waals surface area contributed by atoms with E-state index in [-0.39, 0.29) is 11.1 Å². The van der Waals surface area contributed by atoms with Crippen molar-refractivity contribution in [1.29, 1.82) is 0 Å². The minimum Gasteiger partial charge on any atom is -0.437 e. The molecule has 0 radical (unpaired) electrons. The second kappa shape index (κ2) is 7.70. The number of nitrogens with zero attached hydrogens (tertiary/aromatic N) is 2. The molecule has 2 N–H and O–H groups in total. The van der Waals surface area contributed by atoms with Gasteiger partial charge in [0.1, 0.15) is 17.0 Å². The molecule has 2 aliphatic rings. The van der Waals surface area contributed by atoms with Crippen molar-refractivity contribution in [2.24, 2.45) is 11.7 Å². The van der Waals surface area contributed by atoms with Crippen LogP contribution in [0.5, 0.6) is 0 Å². The van der Waals surface area contributed by atoms with Gasteiger partial charge in [-0.05, 0) is 49.1 Å². The van der Waals surface area contributed by atoms with Gasteiger partial charge < -0.3 is 10.2 Å². The highest BCUT2D eigenvalue weighted by molar-refractivity contribution is 6.00. The first kappa shape index (κ1) is 20.4. The maximum atomic E-state index is 13.8. The summed E-state index contributed by atoms with van der Waals surface area (Å²) in [6.07, 6.45) is 6.29. The zero-order valence-electron chi connectivity index (χ0n) is 19.0. The van der Waals surface area contributed by atoms with Gasteiger partial charge in [0.15, 0.2) is 0 Å². The molecule has 168 valence electrons. The fraction of sp³-hybridized carbons (Fsp3) is 0.357. The minimum atomic E-state index is -0.206. The van der Waals surface area contributed by atoms with Gasteiger partial charge in [-0.1, -0.05) is 61.5 Å². The van der Waals surface area contributed by atoms with Gasteiger partial charge in [0.2, 0.25) is 5.71 Å². The molecule has 2 heterocycles. The summed E-state index contributed by atoms with van der Waals surface area (Å²) in [6.45, 7) is 2.79. The van der Waals surface area contributed by atoms with Gasteiger partial charge in [-0.2, -0.15) is 4.98 Å². The van der Waals surface area contributed by atoms with E-state index in [9.17, 15) is 4.79 Å². The molecule has 6 rings (SSSR count). The van der Waals surface area contributed by atoms with Gasteiger partial charge in [0.25, 0.3) is 5.56 Å². The van der Waals surface area contributed by atoms with Crippen LogP contribution in [-0.2, 0) is 18.5 Å². The third-order valence-corrected chi connectivity index (χ3v) is 7.38. The van der Waals surface area contributed by atoms with Crippen LogP contribution in [0.3, 0.4) is 0 Å². The van der Waals surface area contributed by atoms with Crippen molar-refractivity contribution in [3.63, 3.8) is 0 Å². The lowest BCUT2D eigenvalue weighted by atomic mass is 9.72. The summed E-state index contributed by atoms with van der Waals surface area (Å²) in [7, 11) is 0. The lowest BCUT2D eigenvalue weighted by Crippen LogP contribution is -2.43. The average molecular weight is 440 g/mol. The Morgan fingerprint density at radius 3 is 2.39 bits per heavy atom. The van der Waals surface area contributed by atoms with E-state index in [4.69, 9.17) is 15.1 Å². The Morgan fingerprint density at radius 2 is 1.79 bits per heavy atom. The zero-order valence-corrected chi connectivity index (χ0v) is 19.0. The topological polar surface area (TPSA) is 74.1 Å². The van der Waals surface area contributed by atoms with Crippen LogP contribution in [-0.4, -0.2) is 9.55 Å². The number of benzene rings is 2. The van der Waals surface area contributed by atoms with E-state index >= 15 is 0 Å². The Kier molecular flexibility index (Phi) is 4.77. The first-order valence-corrected chi connectivity index (χ1v) is 12.1. The molecule has 33 heavy (non-hydrogen) atoms. The van der Waals surface area contributed by atoms with Crippen molar-refractivity contribution in [3.05, 3.63) is 76.3 Å². The van der Waals surface area contributed by atoms with Crippen molar-refractivity contribution < 1.29 is 4.42 Å². The van der Waals surface area contributed by atoms with Crippen LogP contribution in [0.2, 0.25) is 0 Å². The molecule has 0 unspecified atom stereocenters. The molecule has 2 saturated carbocycles. The largest absolute Gasteiger partial charge is 0.437 e. The number of hydrogen-bond donors (Lipinski definition) is 1. The molecule has 2 aromatic carbocycles. The fourth-order valence-electron chi connectivity index (χ4n) is 5.03. The van der Waals surface area contributed by atoms with Crippen LogP contribution in [0.15, 0.2) is 63.8 Å². The molecule has 2 aliphatic carbocycles. The number of furan rings is 1. The number of aromatic nitrogens is 2. The highest BCUT2D eigenvalue weighted by Gasteiger charge is 2.34. The summed E-state index contributed by atoms with van der Waals surface area (Å²) in [5, 5.41) is 0.576. The molecule has 2 aromatic heterocycles. The van der Waals surface area contributed by atoms with E-state index in [0.29, 0.717) is 29.2 Å². The Bertz CT molecular complexity index is 1370. The summed E-state index contributed by atoms with van der Waals surface area (Å²) >= 11 is 0. The van der Waals surface area contributed by atoms with E-state index in [1.165, 1.54) is 19.3 Å². The first-order chi connectivity index (χ1) is 16.1. The lowest BCUT2D eigenvalue weighted by molar-refractivity contribution is 0.253. The van der Waals surface area contributed by atoms with E-state index in [1.54, 1.807) is 0 Å². The normalized spacial score (nSPS) is 17.3. The molecule has 0 amide bonds. The number of nitrogens with two attached hydrogens (primary N) is 1. The number of hydrogen-bond acceptors (Lipinski definition) is 4. The minimum absolute atomic E-state index is 0.00426. The monoisotopic (exact) mass is 439 g/mol. The summed E-state index contributed by atoms with van der Waals surface area (Å²) in [5.41, 5.74) is 10.6. The number of aryl methyl sites for hydroxylation is 1. The standard InChI is InChI=1S/C28H29N3O2/c1-2-22-30-26-24(27(32)31(22)17-18-9-10-18)23(19-7-4-3-5-8-19)25(33-26)20-11-13-21(14-12-20)28(29)15-6-16-28/h3-5,7-8,11-14,18H,2,6,9-10,15-17,29H2,1H3. The van der Waals surface area contributed by atoms with E-state index in [1.807, 2.05) is 41.8 Å². The summed E-state index contributed by atoms with van der Waals surface area (Å²) in [4.78, 5) is 18.6. The summed E-state index contributed by atoms with van der Waals surface area (Å²) < 4.78 is 8.23. The SMILES string of the molecule is CCc1nc2oc(-c3ccc(C4(N)CCC4)cc3)c(-c3ccccc3)c2c(=O)n1CC1CC1. The highest BCUT2D eigenvalue weighted by Crippen LogP contribution is 2.42. The molecule has 5 heteroatoms. The van der Waals surface area contributed by atoms with Gasteiger partial charge in [0, 0.05) is 29.6 Å². The third-order valence-electron chi connectivity index (χ3n) is 7.38. The second-order valence-electron chi connectivity index (χ2n) is 9.68. The van der Waals surface area contributed by atoms with Crippen LogP contribution >= 0.6 is 0 Å². The quantitative estimate of drug-likeness (QED) is 0.422. The van der Waals surface area contributed by atoms with Crippen molar-refractivity contribution in [2.45, 2.75) is 57.5 Å². The number of fused-ring (bicyclic) bond motifs is 1. The molecule has 2 fully saturated rings. The Morgan fingerprint density at radius 1 is 1.06 bits per heavy atom. The smallest absolute Gasteiger partial charge is 0.265 e.